The van der Waals surface area contributed by atoms with Crippen LogP contribution in [0.3, 0.4) is 0 Å². The summed E-state index contributed by atoms with van der Waals surface area (Å²) in [6, 6.07) is 0. The number of alkyl halides is 3. The molecule has 0 unspecified atom stereocenters. The molecule has 0 aromatic carbocycles. The SMILES string of the molecule is O=C(C=C1CCC1)NCC(F)(F)F. The summed E-state index contributed by atoms with van der Waals surface area (Å²) < 4.78 is 34.8. The van der Waals surface area contributed by atoms with Gasteiger partial charge in [-0.05, 0) is 19.3 Å². The molecule has 1 amide bonds. The van der Waals surface area contributed by atoms with E-state index in [1.54, 1.807) is 5.32 Å². The van der Waals surface area contributed by atoms with E-state index in [-0.39, 0.29) is 0 Å². The molecule has 0 heterocycles. The Kier molecular flexibility index (Phi) is 2.95. The van der Waals surface area contributed by atoms with Crippen LogP contribution in [0, 0.1) is 0 Å². The van der Waals surface area contributed by atoms with Crippen LogP contribution < -0.4 is 5.32 Å². The first kappa shape index (κ1) is 10.1. The van der Waals surface area contributed by atoms with E-state index in [1.807, 2.05) is 0 Å². The highest BCUT2D eigenvalue weighted by Gasteiger charge is 2.27. The van der Waals surface area contributed by atoms with Crippen molar-refractivity contribution in [2.45, 2.75) is 25.4 Å². The zero-order valence-electron chi connectivity index (χ0n) is 6.95. The zero-order valence-corrected chi connectivity index (χ0v) is 6.95. The third-order valence-electron chi connectivity index (χ3n) is 1.79. The third-order valence-corrected chi connectivity index (χ3v) is 1.79. The van der Waals surface area contributed by atoms with Crippen molar-refractivity contribution in [1.29, 1.82) is 0 Å². The molecule has 5 heteroatoms. The smallest absolute Gasteiger partial charge is 0.343 e. The Balaban J connectivity index is 2.25. The van der Waals surface area contributed by atoms with Gasteiger partial charge in [0.05, 0.1) is 0 Å². The topological polar surface area (TPSA) is 29.1 Å². The van der Waals surface area contributed by atoms with Crippen LogP contribution in [-0.4, -0.2) is 18.6 Å². The standard InChI is InChI=1S/C8H10F3NO/c9-8(10,11)5-12-7(13)4-6-2-1-3-6/h4H,1-3,5H2,(H,12,13). The Bertz CT molecular complexity index is 226. The van der Waals surface area contributed by atoms with E-state index < -0.39 is 18.6 Å². The fourth-order valence-electron chi connectivity index (χ4n) is 0.949. The molecule has 13 heavy (non-hydrogen) atoms. The van der Waals surface area contributed by atoms with Crippen molar-refractivity contribution in [3.05, 3.63) is 11.6 Å². The van der Waals surface area contributed by atoms with Gasteiger partial charge in [0.1, 0.15) is 6.54 Å². The summed E-state index contributed by atoms with van der Waals surface area (Å²) in [6.07, 6.45) is -0.375. The molecule has 1 N–H and O–H groups in total. The molecular formula is C8H10F3NO. The second-order valence-electron chi connectivity index (χ2n) is 2.99. The average Bonchev–Trinajstić information content (AvgIpc) is 1.91. The number of allylic oxidation sites excluding steroid dienone is 1. The fourth-order valence-corrected chi connectivity index (χ4v) is 0.949. The molecule has 0 saturated heterocycles. The molecular weight excluding hydrogens is 183 g/mol. The number of carbonyl (C=O) groups excluding carboxylic acids is 1. The summed E-state index contributed by atoms with van der Waals surface area (Å²) in [5.41, 5.74) is 0.930. The minimum atomic E-state index is -4.33. The molecule has 1 saturated carbocycles. The van der Waals surface area contributed by atoms with Crippen LogP contribution in [-0.2, 0) is 4.79 Å². The van der Waals surface area contributed by atoms with E-state index in [2.05, 4.69) is 0 Å². The van der Waals surface area contributed by atoms with Crippen molar-refractivity contribution in [1.82, 2.24) is 5.32 Å². The van der Waals surface area contributed by atoms with E-state index in [0.717, 1.165) is 24.8 Å². The first-order valence-electron chi connectivity index (χ1n) is 4.01. The lowest BCUT2D eigenvalue weighted by atomic mass is 9.92. The van der Waals surface area contributed by atoms with Gasteiger partial charge in [-0.25, -0.2) is 0 Å². The van der Waals surface area contributed by atoms with Crippen LogP contribution in [0.4, 0.5) is 13.2 Å². The Labute approximate surface area is 73.8 Å². The Hall–Kier alpha value is -1.00. The molecule has 0 aliphatic heterocycles. The molecule has 0 aromatic heterocycles. The van der Waals surface area contributed by atoms with Crippen molar-refractivity contribution in [2.24, 2.45) is 0 Å². The highest BCUT2D eigenvalue weighted by Crippen LogP contribution is 2.24. The van der Waals surface area contributed by atoms with Crippen molar-refractivity contribution in [3.8, 4) is 0 Å². The van der Waals surface area contributed by atoms with Crippen molar-refractivity contribution in [2.75, 3.05) is 6.54 Å². The second kappa shape index (κ2) is 3.81. The van der Waals surface area contributed by atoms with Gasteiger partial charge in [0.15, 0.2) is 0 Å². The van der Waals surface area contributed by atoms with Gasteiger partial charge in [0, 0.05) is 6.08 Å². The van der Waals surface area contributed by atoms with Crippen LogP contribution in [0.2, 0.25) is 0 Å². The Morgan fingerprint density at radius 1 is 1.46 bits per heavy atom. The van der Waals surface area contributed by atoms with E-state index in [1.165, 1.54) is 6.08 Å². The highest BCUT2D eigenvalue weighted by atomic mass is 19.4. The number of carbonyl (C=O) groups is 1. The van der Waals surface area contributed by atoms with Crippen LogP contribution >= 0.6 is 0 Å². The van der Waals surface area contributed by atoms with Gasteiger partial charge in [-0.3, -0.25) is 4.79 Å². The van der Waals surface area contributed by atoms with Crippen molar-refractivity contribution < 1.29 is 18.0 Å². The minimum Gasteiger partial charge on any atom is -0.343 e. The van der Waals surface area contributed by atoms with E-state index >= 15 is 0 Å². The maximum Gasteiger partial charge on any atom is 0.405 e. The van der Waals surface area contributed by atoms with Crippen LogP contribution in [0.1, 0.15) is 19.3 Å². The van der Waals surface area contributed by atoms with Gasteiger partial charge >= 0.3 is 6.18 Å². The molecule has 2 nitrogen and oxygen atoms in total. The van der Waals surface area contributed by atoms with Gasteiger partial charge in [-0.15, -0.1) is 0 Å². The molecule has 0 aromatic rings. The Morgan fingerprint density at radius 3 is 2.46 bits per heavy atom. The van der Waals surface area contributed by atoms with Gasteiger partial charge in [-0.1, -0.05) is 5.57 Å². The first-order chi connectivity index (χ1) is 5.97. The lowest BCUT2D eigenvalue weighted by Gasteiger charge is -2.15. The van der Waals surface area contributed by atoms with E-state index in [9.17, 15) is 18.0 Å². The summed E-state index contributed by atoms with van der Waals surface area (Å²) in [7, 11) is 0. The molecule has 0 radical (unpaired) electrons. The van der Waals surface area contributed by atoms with Gasteiger partial charge in [0.2, 0.25) is 5.91 Å². The van der Waals surface area contributed by atoms with Crippen molar-refractivity contribution in [3.63, 3.8) is 0 Å². The quantitative estimate of drug-likeness (QED) is 0.665. The largest absolute Gasteiger partial charge is 0.405 e. The molecule has 0 bridgehead atoms. The average molecular weight is 193 g/mol. The molecule has 1 fully saturated rings. The van der Waals surface area contributed by atoms with E-state index in [4.69, 9.17) is 0 Å². The van der Waals surface area contributed by atoms with Crippen LogP contribution in [0.25, 0.3) is 0 Å². The number of hydrogen-bond acceptors (Lipinski definition) is 1. The third kappa shape index (κ3) is 3.96. The molecule has 0 spiro atoms. The predicted octanol–water partition coefficient (Wildman–Crippen LogP) is 1.78. The van der Waals surface area contributed by atoms with Gasteiger partial charge in [0.25, 0.3) is 0 Å². The fraction of sp³-hybridized carbons (Fsp3) is 0.625. The zero-order chi connectivity index (χ0) is 9.90. The summed E-state index contributed by atoms with van der Waals surface area (Å²) in [4.78, 5) is 10.8. The lowest BCUT2D eigenvalue weighted by Crippen LogP contribution is -2.32. The maximum absolute atomic E-state index is 11.6. The lowest BCUT2D eigenvalue weighted by molar-refractivity contribution is -0.135. The van der Waals surface area contributed by atoms with Crippen molar-refractivity contribution >= 4 is 5.91 Å². The number of nitrogens with one attached hydrogen (secondary N) is 1. The summed E-state index contributed by atoms with van der Waals surface area (Å²) in [5.74, 6) is -0.646. The number of amides is 1. The van der Waals surface area contributed by atoms with Gasteiger partial charge in [-0.2, -0.15) is 13.2 Å². The summed E-state index contributed by atoms with van der Waals surface area (Å²) in [5, 5.41) is 1.78. The van der Waals surface area contributed by atoms with Crippen LogP contribution in [0.5, 0.6) is 0 Å². The highest BCUT2D eigenvalue weighted by molar-refractivity contribution is 5.88. The second-order valence-corrected chi connectivity index (χ2v) is 2.99. The summed E-state index contributed by atoms with van der Waals surface area (Å²) in [6.45, 7) is -1.25. The molecule has 0 atom stereocenters. The first-order valence-corrected chi connectivity index (χ1v) is 4.01. The van der Waals surface area contributed by atoms with Gasteiger partial charge < -0.3 is 5.32 Å². The predicted molar refractivity (Wildman–Crippen MR) is 41.0 cm³/mol. The number of rotatable bonds is 2. The molecule has 1 aliphatic rings. The molecule has 1 rings (SSSR count). The number of halogens is 3. The Morgan fingerprint density at radius 2 is 2.08 bits per heavy atom. The summed E-state index contributed by atoms with van der Waals surface area (Å²) >= 11 is 0. The molecule has 74 valence electrons. The monoisotopic (exact) mass is 193 g/mol. The van der Waals surface area contributed by atoms with Crippen LogP contribution in [0.15, 0.2) is 11.6 Å². The number of hydrogen-bond donors (Lipinski definition) is 1. The normalized spacial score (nSPS) is 16.4. The molecule has 1 aliphatic carbocycles. The maximum atomic E-state index is 11.6. The van der Waals surface area contributed by atoms with E-state index in [0.29, 0.717) is 0 Å². The minimum absolute atomic E-state index is 0.646.